The molecule has 0 aromatic heterocycles. The molecule has 15 aromatic carbocycles. The fraction of sp³-hybridized carbons (Fsp3) is 0. The summed E-state index contributed by atoms with van der Waals surface area (Å²) in [5.74, 6) is 0. The van der Waals surface area contributed by atoms with E-state index in [1.54, 1.807) is 0 Å². The molecule has 15 aromatic rings. The van der Waals surface area contributed by atoms with Gasteiger partial charge in [0.1, 0.15) is 0 Å². The van der Waals surface area contributed by atoms with Crippen LogP contribution in [0.15, 0.2) is 249 Å². The van der Waals surface area contributed by atoms with Crippen molar-refractivity contribution >= 4 is 143 Å². The highest BCUT2D eigenvalue weighted by molar-refractivity contribution is 7.03. The first-order chi connectivity index (χ1) is 36.2. The minimum Gasteiger partial charge on any atom is -0.311 e. The number of hydrogen-bond acceptors (Lipinski definition) is 2. The number of rotatable bonds is 4. The number of hydrogen-bond donors (Lipinski definition) is 0. The largest absolute Gasteiger partial charge is 0.311 e. The van der Waals surface area contributed by atoms with Crippen LogP contribution in [0.2, 0.25) is 0 Å². The van der Waals surface area contributed by atoms with Crippen molar-refractivity contribution in [3.8, 4) is 22.3 Å². The van der Waals surface area contributed by atoms with Crippen molar-refractivity contribution in [1.82, 2.24) is 0 Å². The molecule has 73 heavy (non-hydrogen) atoms. The van der Waals surface area contributed by atoms with E-state index < -0.39 is 0 Å². The lowest BCUT2D eigenvalue weighted by Crippen LogP contribution is -2.61. The van der Waals surface area contributed by atoms with E-state index in [0.29, 0.717) is 0 Å². The fourth-order valence-electron chi connectivity index (χ4n) is 13.8. The molecule has 0 bridgehead atoms. The maximum absolute atomic E-state index is 2.60. The molecule has 0 aliphatic carbocycles. The van der Waals surface area contributed by atoms with Gasteiger partial charge in [-0.2, -0.15) is 0 Å². The molecule has 0 unspecified atom stereocenters. The molecule has 17 rings (SSSR count). The third-order valence-corrected chi connectivity index (χ3v) is 16.7. The highest BCUT2D eigenvalue weighted by Gasteiger charge is 2.46. The Morgan fingerprint density at radius 2 is 0.548 bits per heavy atom. The molecule has 334 valence electrons. The van der Waals surface area contributed by atoms with Crippen LogP contribution in [0.25, 0.3) is 108 Å². The molecule has 0 N–H and O–H groups in total. The molecular formula is C70H41BN2. The second kappa shape index (κ2) is 14.6. The van der Waals surface area contributed by atoms with Gasteiger partial charge in [0.15, 0.2) is 0 Å². The Labute approximate surface area is 422 Å². The minimum absolute atomic E-state index is 0.126. The van der Waals surface area contributed by atoms with Crippen LogP contribution in [0.1, 0.15) is 0 Å². The van der Waals surface area contributed by atoms with Crippen molar-refractivity contribution in [1.29, 1.82) is 0 Å². The van der Waals surface area contributed by atoms with Crippen molar-refractivity contribution in [2.45, 2.75) is 0 Å². The first kappa shape index (κ1) is 39.3. The van der Waals surface area contributed by atoms with Crippen molar-refractivity contribution in [2.75, 3.05) is 9.80 Å². The predicted octanol–water partition coefficient (Wildman–Crippen LogP) is 17.2. The lowest BCUT2D eigenvalue weighted by Gasteiger charge is -2.45. The summed E-state index contributed by atoms with van der Waals surface area (Å²) in [5, 5.41) is 20.8. The Kier molecular flexibility index (Phi) is 7.85. The van der Waals surface area contributed by atoms with E-state index in [1.807, 2.05) is 0 Å². The Morgan fingerprint density at radius 1 is 0.219 bits per heavy atom. The zero-order valence-corrected chi connectivity index (χ0v) is 39.6. The van der Waals surface area contributed by atoms with Crippen LogP contribution in [0.4, 0.5) is 34.1 Å². The molecule has 3 heteroatoms. The van der Waals surface area contributed by atoms with E-state index in [-0.39, 0.29) is 6.71 Å². The number of fused-ring (bicyclic) bond motifs is 10. The first-order valence-corrected chi connectivity index (χ1v) is 25.5. The molecular weight excluding hydrogens is 880 g/mol. The Bertz CT molecular complexity index is 4510. The van der Waals surface area contributed by atoms with Crippen LogP contribution in [-0.2, 0) is 0 Å². The van der Waals surface area contributed by atoms with Crippen molar-refractivity contribution in [3.05, 3.63) is 249 Å². The van der Waals surface area contributed by atoms with Gasteiger partial charge in [0.25, 0.3) is 6.71 Å². The number of anilines is 6. The predicted molar refractivity (Wildman–Crippen MR) is 314 cm³/mol. The van der Waals surface area contributed by atoms with Crippen LogP contribution in [0.3, 0.4) is 0 Å². The van der Waals surface area contributed by atoms with Gasteiger partial charge in [-0.25, -0.2) is 0 Å². The minimum atomic E-state index is -0.126. The summed E-state index contributed by atoms with van der Waals surface area (Å²) in [4.78, 5) is 5.21. The monoisotopic (exact) mass is 920 g/mol. The molecule has 0 saturated heterocycles. The normalized spacial score (nSPS) is 13.1. The SMILES string of the molecule is c1ccc(-c2ccc(-c3cc4c5c(c3)N(c3ccccc3)c3cc6c7cccc8cccc(c9cccc(c3B5c3c(cc5c%10cccc%11cccc(c%12cccc3c%125)c%11%10)N4c3ccccc3)c96)c87)cc2)cc1. The summed E-state index contributed by atoms with van der Waals surface area (Å²) in [6.07, 6.45) is 0. The molecule has 0 radical (unpaired) electrons. The Hall–Kier alpha value is -9.44. The number of nitrogens with zero attached hydrogens (tertiary/aromatic N) is 2. The van der Waals surface area contributed by atoms with E-state index >= 15 is 0 Å². The van der Waals surface area contributed by atoms with Gasteiger partial charge < -0.3 is 9.80 Å². The van der Waals surface area contributed by atoms with Gasteiger partial charge in [0.2, 0.25) is 0 Å². The molecule has 0 atom stereocenters. The van der Waals surface area contributed by atoms with Crippen molar-refractivity contribution < 1.29 is 0 Å². The van der Waals surface area contributed by atoms with E-state index in [2.05, 4.69) is 259 Å². The smallest absolute Gasteiger partial charge is 0.253 e. The first-order valence-electron chi connectivity index (χ1n) is 25.5. The summed E-state index contributed by atoms with van der Waals surface area (Å²) in [6, 6.07) is 93.9. The Morgan fingerprint density at radius 3 is 0.986 bits per heavy atom. The lowest BCUT2D eigenvalue weighted by molar-refractivity contribution is 1.26. The van der Waals surface area contributed by atoms with Crippen LogP contribution in [0.5, 0.6) is 0 Å². The van der Waals surface area contributed by atoms with E-state index in [4.69, 9.17) is 0 Å². The highest BCUT2D eigenvalue weighted by Crippen LogP contribution is 2.52. The molecule has 2 aliphatic rings. The second-order valence-electron chi connectivity index (χ2n) is 20.2. The lowest BCUT2D eigenvalue weighted by atomic mass is 9.32. The topological polar surface area (TPSA) is 6.48 Å². The van der Waals surface area contributed by atoms with Crippen LogP contribution in [0, 0.1) is 0 Å². The van der Waals surface area contributed by atoms with Gasteiger partial charge in [-0.1, -0.05) is 200 Å². The molecule has 0 fully saturated rings. The van der Waals surface area contributed by atoms with Crippen LogP contribution < -0.4 is 26.2 Å². The van der Waals surface area contributed by atoms with Crippen LogP contribution >= 0.6 is 0 Å². The van der Waals surface area contributed by atoms with E-state index in [0.717, 1.165) is 11.4 Å². The van der Waals surface area contributed by atoms with Gasteiger partial charge in [-0.05, 0) is 173 Å². The molecule has 0 amide bonds. The van der Waals surface area contributed by atoms with E-state index in [9.17, 15) is 0 Å². The van der Waals surface area contributed by atoms with Gasteiger partial charge >= 0.3 is 0 Å². The summed E-state index contributed by atoms with van der Waals surface area (Å²) in [7, 11) is 0. The van der Waals surface area contributed by atoms with E-state index in [1.165, 1.54) is 148 Å². The third-order valence-electron chi connectivity index (χ3n) is 16.7. The third kappa shape index (κ3) is 5.28. The van der Waals surface area contributed by atoms with Gasteiger partial charge in [0.05, 0.1) is 0 Å². The van der Waals surface area contributed by atoms with Crippen molar-refractivity contribution in [2.24, 2.45) is 0 Å². The van der Waals surface area contributed by atoms with Gasteiger partial charge in [0, 0.05) is 34.1 Å². The molecule has 2 nitrogen and oxygen atoms in total. The quantitative estimate of drug-likeness (QED) is 0.0986. The molecule has 2 aliphatic heterocycles. The average Bonchev–Trinajstić information content (AvgIpc) is 3.46. The highest BCUT2D eigenvalue weighted by atomic mass is 15.2. The molecule has 0 saturated carbocycles. The standard InChI is InChI=1S/C70H41BN2/c1-4-16-42(17-5-1)43-34-36-44(37-35-43)47-38-60-70-61(39-47)73(49-24-8-3-9-25-49)63-41-59-55-29-13-21-46-19-11-27-51(65(46)55)53-31-15-33-57(67(53)59)69(63)71(70)68-56-32-14-30-52-50-26-10-18-45-20-12-28-54(64(45)50)58(66(52)56)40-62(68)72(60)48-22-6-2-7-23-48/h1-41H. The summed E-state index contributed by atoms with van der Waals surface area (Å²) in [5.41, 5.74) is 15.9. The summed E-state index contributed by atoms with van der Waals surface area (Å²) in [6.45, 7) is -0.126. The summed E-state index contributed by atoms with van der Waals surface area (Å²) < 4.78 is 0. The van der Waals surface area contributed by atoms with Gasteiger partial charge in [-0.15, -0.1) is 0 Å². The van der Waals surface area contributed by atoms with Crippen LogP contribution in [-0.4, -0.2) is 6.71 Å². The molecule has 0 spiro atoms. The maximum Gasteiger partial charge on any atom is 0.253 e. The maximum atomic E-state index is 2.60. The zero-order chi connectivity index (χ0) is 47.5. The Balaban J connectivity index is 1.08. The van der Waals surface area contributed by atoms with Gasteiger partial charge in [-0.3, -0.25) is 0 Å². The second-order valence-corrected chi connectivity index (χ2v) is 20.2. The molecule has 2 heterocycles. The average molecular weight is 921 g/mol. The number of para-hydroxylation sites is 2. The fourth-order valence-corrected chi connectivity index (χ4v) is 13.8. The van der Waals surface area contributed by atoms with Crippen molar-refractivity contribution in [3.63, 3.8) is 0 Å². The zero-order valence-electron chi connectivity index (χ0n) is 39.6. The number of benzene rings is 15. The summed E-state index contributed by atoms with van der Waals surface area (Å²) >= 11 is 0.